The first-order valence-corrected chi connectivity index (χ1v) is 5.71. The second kappa shape index (κ2) is 4.67. The van der Waals surface area contributed by atoms with Gasteiger partial charge in [-0.25, -0.2) is 0 Å². The average molecular weight is 205 g/mol. The van der Waals surface area contributed by atoms with Crippen LogP contribution in [0.5, 0.6) is 5.75 Å². The standard InChI is InChI=1S/C13H19NO/c1-15-11-8-6-10(7-9-11)12-4-2-3-5-13(12)14/h6-9,12-13H,2-5,14H2,1H3/t12-,13+/m0/s1. The van der Waals surface area contributed by atoms with Crippen LogP contribution >= 0.6 is 0 Å². The highest BCUT2D eigenvalue weighted by molar-refractivity contribution is 5.30. The molecule has 2 atom stereocenters. The summed E-state index contributed by atoms with van der Waals surface area (Å²) in [5, 5.41) is 0. The molecule has 82 valence electrons. The van der Waals surface area contributed by atoms with E-state index in [4.69, 9.17) is 10.5 Å². The summed E-state index contributed by atoms with van der Waals surface area (Å²) in [7, 11) is 1.70. The van der Waals surface area contributed by atoms with Crippen LogP contribution in [0.2, 0.25) is 0 Å². The van der Waals surface area contributed by atoms with E-state index in [0.29, 0.717) is 12.0 Å². The van der Waals surface area contributed by atoms with Crippen LogP contribution in [0.25, 0.3) is 0 Å². The summed E-state index contributed by atoms with van der Waals surface area (Å²) >= 11 is 0. The van der Waals surface area contributed by atoms with Crippen molar-refractivity contribution in [1.82, 2.24) is 0 Å². The Hall–Kier alpha value is -1.02. The third-order valence-corrected chi connectivity index (χ3v) is 3.36. The first-order valence-electron chi connectivity index (χ1n) is 5.71. The molecule has 2 N–H and O–H groups in total. The van der Waals surface area contributed by atoms with Gasteiger partial charge in [0.05, 0.1) is 7.11 Å². The maximum atomic E-state index is 6.15. The summed E-state index contributed by atoms with van der Waals surface area (Å²) in [5.41, 5.74) is 7.51. The van der Waals surface area contributed by atoms with Gasteiger partial charge in [0.25, 0.3) is 0 Å². The van der Waals surface area contributed by atoms with Crippen molar-refractivity contribution in [2.45, 2.75) is 37.6 Å². The molecule has 0 saturated heterocycles. The zero-order valence-corrected chi connectivity index (χ0v) is 9.28. The van der Waals surface area contributed by atoms with Gasteiger partial charge >= 0.3 is 0 Å². The summed E-state index contributed by atoms with van der Waals surface area (Å²) in [6, 6.07) is 8.68. The van der Waals surface area contributed by atoms with Gasteiger partial charge in [-0.2, -0.15) is 0 Å². The summed E-state index contributed by atoms with van der Waals surface area (Å²) in [6.07, 6.45) is 4.99. The van der Waals surface area contributed by atoms with Crippen molar-refractivity contribution < 1.29 is 4.74 Å². The second-order valence-corrected chi connectivity index (χ2v) is 4.33. The number of benzene rings is 1. The Labute approximate surface area is 91.4 Å². The van der Waals surface area contributed by atoms with Gasteiger partial charge in [0.15, 0.2) is 0 Å². The van der Waals surface area contributed by atoms with Crippen molar-refractivity contribution in [3.8, 4) is 5.75 Å². The molecule has 0 heterocycles. The Morgan fingerprint density at radius 1 is 1.13 bits per heavy atom. The zero-order valence-electron chi connectivity index (χ0n) is 9.28. The highest BCUT2D eigenvalue weighted by atomic mass is 16.5. The first-order chi connectivity index (χ1) is 7.31. The fourth-order valence-electron chi connectivity index (χ4n) is 2.42. The summed E-state index contributed by atoms with van der Waals surface area (Å²) in [4.78, 5) is 0. The first kappa shape index (κ1) is 10.5. The van der Waals surface area contributed by atoms with Crippen LogP contribution < -0.4 is 10.5 Å². The summed E-state index contributed by atoms with van der Waals surface area (Å²) < 4.78 is 5.15. The number of hydrogen-bond donors (Lipinski definition) is 1. The molecule has 2 rings (SSSR count). The molecule has 1 aromatic rings. The fraction of sp³-hybridized carbons (Fsp3) is 0.538. The van der Waals surface area contributed by atoms with Crippen LogP contribution in [-0.2, 0) is 0 Å². The van der Waals surface area contributed by atoms with Gasteiger partial charge in [-0.05, 0) is 36.5 Å². The third kappa shape index (κ3) is 2.32. The maximum Gasteiger partial charge on any atom is 0.118 e. The molecule has 0 radical (unpaired) electrons. The van der Waals surface area contributed by atoms with E-state index < -0.39 is 0 Å². The molecule has 0 aliphatic heterocycles. The van der Waals surface area contributed by atoms with Crippen molar-refractivity contribution in [1.29, 1.82) is 0 Å². The van der Waals surface area contributed by atoms with Gasteiger partial charge in [-0.1, -0.05) is 25.0 Å². The van der Waals surface area contributed by atoms with E-state index >= 15 is 0 Å². The molecule has 0 unspecified atom stereocenters. The normalized spacial score (nSPS) is 26.3. The largest absolute Gasteiger partial charge is 0.497 e. The molecule has 1 aromatic carbocycles. The number of nitrogens with two attached hydrogens (primary N) is 1. The van der Waals surface area contributed by atoms with Gasteiger partial charge in [-0.3, -0.25) is 0 Å². The van der Waals surface area contributed by atoms with Gasteiger partial charge in [-0.15, -0.1) is 0 Å². The monoisotopic (exact) mass is 205 g/mol. The minimum atomic E-state index is 0.340. The van der Waals surface area contributed by atoms with E-state index in [1.54, 1.807) is 7.11 Å². The predicted molar refractivity (Wildman–Crippen MR) is 62.2 cm³/mol. The number of methoxy groups -OCH3 is 1. The number of rotatable bonds is 2. The molecule has 0 spiro atoms. The molecule has 15 heavy (non-hydrogen) atoms. The molecule has 0 amide bonds. The Bertz CT molecular complexity index is 307. The zero-order chi connectivity index (χ0) is 10.7. The van der Waals surface area contributed by atoms with Crippen molar-refractivity contribution in [2.24, 2.45) is 5.73 Å². The Morgan fingerprint density at radius 2 is 1.80 bits per heavy atom. The van der Waals surface area contributed by atoms with Crippen molar-refractivity contribution in [3.05, 3.63) is 29.8 Å². The van der Waals surface area contributed by atoms with Gasteiger partial charge < -0.3 is 10.5 Å². The van der Waals surface area contributed by atoms with E-state index in [9.17, 15) is 0 Å². The smallest absolute Gasteiger partial charge is 0.118 e. The molecule has 1 aliphatic carbocycles. The Kier molecular flexibility index (Phi) is 3.27. The molecule has 1 saturated carbocycles. The molecule has 1 aliphatic rings. The van der Waals surface area contributed by atoms with Crippen molar-refractivity contribution in [3.63, 3.8) is 0 Å². The summed E-state index contributed by atoms with van der Waals surface area (Å²) in [5.74, 6) is 1.47. The number of hydrogen-bond acceptors (Lipinski definition) is 2. The van der Waals surface area contributed by atoms with Crippen LogP contribution in [0.1, 0.15) is 37.2 Å². The second-order valence-electron chi connectivity index (χ2n) is 4.33. The quantitative estimate of drug-likeness (QED) is 0.805. The van der Waals surface area contributed by atoms with E-state index in [2.05, 4.69) is 12.1 Å². The molecule has 0 aromatic heterocycles. The van der Waals surface area contributed by atoms with Gasteiger partial charge in [0.2, 0.25) is 0 Å². The lowest BCUT2D eigenvalue weighted by molar-refractivity contribution is 0.384. The highest BCUT2D eigenvalue weighted by Gasteiger charge is 2.22. The number of ether oxygens (including phenoxy) is 1. The summed E-state index contributed by atoms with van der Waals surface area (Å²) in [6.45, 7) is 0. The molecule has 0 bridgehead atoms. The van der Waals surface area contributed by atoms with E-state index in [0.717, 1.165) is 12.2 Å². The average Bonchev–Trinajstić information content (AvgIpc) is 2.30. The van der Waals surface area contributed by atoms with E-state index in [1.165, 1.54) is 24.8 Å². The van der Waals surface area contributed by atoms with Crippen molar-refractivity contribution in [2.75, 3.05) is 7.11 Å². The van der Waals surface area contributed by atoms with Crippen LogP contribution in [0.15, 0.2) is 24.3 Å². The maximum absolute atomic E-state index is 6.15. The SMILES string of the molecule is COc1ccc([C@@H]2CCCC[C@H]2N)cc1. The lowest BCUT2D eigenvalue weighted by Crippen LogP contribution is -2.31. The van der Waals surface area contributed by atoms with Crippen molar-refractivity contribution >= 4 is 0 Å². The molecule has 2 nitrogen and oxygen atoms in total. The van der Waals surface area contributed by atoms with Gasteiger partial charge in [0, 0.05) is 6.04 Å². The topological polar surface area (TPSA) is 35.2 Å². The predicted octanol–water partition coefficient (Wildman–Crippen LogP) is 2.68. The van der Waals surface area contributed by atoms with E-state index in [-0.39, 0.29) is 0 Å². The van der Waals surface area contributed by atoms with Crippen LogP contribution in [0.3, 0.4) is 0 Å². The Balaban J connectivity index is 2.13. The third-order valence-electron chi connectivity index (χ3n) is 3.36. The molecule has 2 heteroatoms. The highest BCUT2D eigenvalue weighted by Crippen LogP contribution is 2.32. The van der Waals surface area contributed by atoms with E-state index in [1.807, 2.05) is 12.1 Å². The lowest BCUT2D eigenvalue weighted by atomic mass is 9.80. The lowest BCUT2D eigenvalue weighted by Gasteiger charge is -2.28. The van der Waals surface area contributed by atoms with Crippen LogP contribution in [-0.4, -0.2) is 13.2 Å². The Morgan fingerprint density at radius 3 is 2.40 bits per heavy atom. The molecular formula is C13H19NO. The van der Waals surface area contributed by atoms with Gasteiger partial charge in [0.1, 0.15) is 5.75 Å². The minimum Gasteiger partial charge on any atom is -0.497 e. The minimum absolute atomic E-state index is 0.340. The molecular weight excluding hydrogens is 186 g/mol. The van der Waals surface area contributed by atoms with Crippen LogP contribution in [0, 0.1) is 0 Å². The van der Waals surface area contributed by atoms with Crippen LogP contribution in [0.4, 0.5) is 0 Å². The molecule has 1 fully saturated rings. The fourth-order valence-corrected chi connectivity index (χ4v) is 2.42.